The molecule has 0 bridgehead atoms. The summed E-state index contributed by atoms with van der Waals surface area (Å²) in [6.45, 7) is -0.821. The van der Waals surface area contributed by atoms with E-state index in [2.05, 4.69) is 10.2 Å². The Hall–Kier alpha value is -0.860. The summed E-state index contributed by atoms with van der Waals surface area (Å²) < 4.78 is 39.5. The van der Waals surface area contributed by atoms with Gasteiger partial charge < -0.3 is 10.1 Å². The number of hydrogen-bond acceptors (Lipinski definition) is 4. The number of carbonyl (C=O) groups is 1. The summed E-state index contributed by atoms with van der Waals surface area (Å²) in [5.41, 5.74) is 1.92. The van der Waals surface area contributed by atoms with Gasteiger partial charge in [-0.3, -0.25) is 9.63 Å². The Labute approximate surface area is 91.2 Å². The summed E-state index contributed by atoms with van der Waals surface area (Å²) in [4.78, 5) is 15.0. The first-order valence-corrected chi connectivity index (χ1v) is 4.63. The van der Waals surface area contributed by atoms with Gasteiger partial charge in [0.05, 0.1) is 6.54 Å². The predicted molar refractivity (Wildman–Crippen MR) is 49.5 cm³/mol. The molecule has 5 nitrogen and oxygen atoms in total. The Morgan fingerprint density at radius 1 is 1.38 bits per heavy atom. The van der Waals surface area contributed by atoms with Crippen LogP contribution in [0.3, 0.4) is 0 Å². The van der Waals surface area contributed by atoms with Crippen LogP contribution in [0.2, 0.25) is 0 Å². The maximum atomic E-state index is 11.6. The van der Waals surface area contributed by atoms with Crippen molar-refractivity contribution in [2.45, 2.75) is 12.6 Å². The molecule has 0 unspecified atom stereocenters. The highest BCUT2D eigenvalue weighted by molar-refractivity contribution is 5.77. The average molecular weight is 244 g/mol. The molecule has 0 spiro atoms. The van der Waals surface area contributed by atoms with Crippen LogP contribution in [-0.2, 0) is 14.4 Å². The van der Waals surface area contributed by atoms with Crippen LogP contribution in [0.25, 0.3) is 0 Å². The van der Waals surface area contributed by atoms with Gasteiger partial charge in [-0.25, -0.2) is 0 Å². The van der Waals surface area contributed by atoms with Gasteiger partial charge in [-0.1, -0.05) is 0 Å². The van der Waals surface area contributed by atoms with Gasteiger partial charge in [0.1, 0.15) is 0 Å². The van der Waals surface area contributed by atoms with Gasteiger partial charge in [0, 0.05) is 20.3 Å². The molecule has 2 N–H and O–H groups in total. The first-order chi connectivity index (χ1) is 7.45. The first-order valence-electron chi connectivity index (χ1n) is 4.63. The predicted octanol–water partition coefficient (Wildman–Crippen LogP) is 0.223. The average Bonchev–Trinajstić information content (AvgIpc) is 2.18. The minimum Gasteiger partial charge on any atom is -0.385 e. The Morgan fingerprint density at radius 3 is 2.62 bits per heavy atom. The van der Waals surface area contributed by atoms with Gasteiger partial charge in [-0.2, -0.15) is 18.7 Å². The Balaban J connectivity index is 3.31. The van der Waals surface area contributed by atoms with E-state index in [0.717, 1.165) is 0 Å². The number of carbonyl (C=O) groups excluding carboxylic acids is 1. The molecule has 0 fully saturated rings. The molecule has 0 radical (unpaired) electrons. The van der Waals surface area contributed by atoms with Gasteiger partial charge >= 0.3 is 6.18 Å². The SMILES string of the molecule is COCCCNC(=O)CNOCC(F)(F)F. The molecule has 0 aromatic rings. The lowest BCUT2D eigenvalue weighted by atomic mass is 10.4. The molecule has 0 atom stereocenters. The maximum absolute atomic E-state index is 11.6. The van der Waals surface area contributed by atoms with Crippen molar-refractivity contribution in [1.82, 2.24) is 10.8 Å². The van der Waals surface area contributed by atoms with Crippen LogP contribution >= 0.6 is 0 Å². The second kappa shape index (κ2) is 8.31. The van der Waals surface area contributed by atoms with Gasteiger partial charge in [-0.15, -0.1) is 0 Å². The molecule has 96 valence electrons. The molecule has 0 aliphatic heterocycles. The number of ether oxygens (including phenoxy) is 1. The lowest BCUT2D eigenvalue weighted by Crippen LogP contribution is -2.36. The molecule has 0 heterocycles. The smallest absolute Gasteiger partial charge is 0.385 e. The van der Waals surface area contributed by atoms with Crippen molar-refractivity contribution >= 4 is 5.91 Å². The number of hydrogen-bond donors (Lipinski definition) is 2. The van der Waals surface area contributed by atoms with Crippen molar-refractivity contribution in [3.05, 3.63) is 0 Å². The summed E-state index contributed by atoms with van der Waals surface area (Å²) in [7, 11) is 1.54. The van der Waals surface area contributed by atoms with E-state index in [0.29, 0.717) is 19.6 Å². The van der Waals surface area contributed by atoms with Crippen molar-refractivity contribution in [3.8, 4) is 0 Å². The molecule has 0 aromatic carbocycles. The molecule has 0 saturated carbocycles. The zero-order valence-electron chi connectivity index (χ0n) is 8.89. The third-order valence-electron chi connectivity index (χ3n) is 1.42. The van der Waals surface area contributed by atoms with E-state index in [4.69, 9.17) is 4.74 Å². The van der Waals surface area contributed by atoms with Crippen molar-refractivity contribution in [3.63, 3.8) is 0 Å². The van der Waals surface area contributed by atoms with E-state index in [1.807, 2.05) is 5.48 Å². The number of nitrogens with one attached hydrogen (secondary N) is 2. The molecule has 16 heavy (non-hydrogen) atoms. The second-order valence-electron chi connectivity index (χ2n) is 2.92. The monoisotopic (exact) mass is 244 g/mol. The van der Waals surface area contributed by atoms with E-state index in [1.54, 1.807) is 0 Å². The summed E-state index contributed by atoms with van der Waals surface area (Å²) >= 11 is 0. The Bertz CT molecular complexity index is 199. The van der Waals surface area contributed by atoms with Crippen molar-refractivity contribution in [2.75, 3.05) is 33.4 Å². The summed E-state index contributed by atoms with van der Waals surface area (Å²) in [5.74, 6) is -0.432. The fraction of sp³-hybridized carbons (Fsp3) is 0.875. The molecule has 0 saturated heterocycles. The van der Waals surface area contributed by atoms with Gasteiger partial charge in [0.2, 0.25) is 5.91 Å². The minimum atomic E-state index is -4.40. The third kappa shape index (κ3) is 11.2. The molecule has 1 amide bonds. The molecule has 0 rings (SSSR count). The quantitative estimate of drug-likeness (QED) is 0.474. The highest BCUT2D eigenvalue weighted by Crippen LogP contribution is 2.13. The highest BCUT2D eigenvalue weighted by Gasteiger charge is 2.27. The molecular formula is C8H15F3N2O3. The van der Waals surface area contributed by atoms with E-state index < -0.39 is 18.7 Å². The van der Waals surface area contributed by atoms with Crippen LogP contribution in [0.1, 0.15) is 6.42 Å². The molecule has 8 heteroatoms. The maximum Gasteiger partial charge on any atom is 0.413 e. The van der Waals surface area contributed by atoms with Crippen molar-refractivity contribution < 1.29 is 27.5 Å². The van der Waals surface area contributed by atoms with Crippen LogP contribution in [0, 0.1) is 0 Å². The third-order valence-corrected chi connectivity index (χ3v) is 1.42. The van der Waals surface area contributed by atoms with E-state index in [9.17, 15) is 18.0 Å². The summed E-state index contributed by atoms with van der Waals surface area (Å²) in [6, 6.07) is 0. The molecule has 0 aromatic heterocycles. The van der Waals surface area contributed by atoms with E-state index >= 15 is 0 Å². The highest BCUT2D eigenvalue weighted by atomic mass is 19.4. The number of methoxy groups -OCH3 is 1. The normalized spacial score (nSPS) is 11.5. The van der Waals surface area contributed by atoms with Gasteiger partial charge in [0.15, 0.2) is 6.61 Å². The van der Waals surface area contributed by atoms with Crippen molar-refractivity contribution in [1.29, 1.82) is 0 Å². The number of rotatable bonds is 8. The number of amides is 1. The zero-order chi connectivity index (χ0) is 12.4. The fourth-order valence-corrected chi connectivity index (χ4v) is 0.756. The minimum absolute atomic E-state index is 0.316. The zero-order valence-corrected chi connectivity index (χ0v) is 8.89. The van der Waals surface area contributed by atoms with Crippen LogP contribution in [-0.4, -0.2) is 45.5 Å². The van der Waals surface area contributed by atoms with E-state index in [-0.39, 0.29) is 6.54 Å². The lowest BCUT2D eigenvalue weighted by Gasteiger charge is -2.08. The number of halogens is 3. The van der Waals surface area contributed by atoms with Crippen molar-refractivity contribution in [2.24, 2.45) is 0 Å². The molecule has 0 aliphatic rings. The topological polar surface area (TPSA) is 59.6 Å². The second-order valence-corrected chi connectivity index (χ2v) is 2.92. The van der Waals surface area contributed by atoms with Crippen LogP contribution < -0.4 is 10.8 Å². The van der Waals surface area contributed by atoms with E-state index in [1.165, 1.54) is 7.11 Å². The van der Waals surface area contributed by atoms with Crippen LogP contribution in [0.15, 0.2) is 0 Å². The first kappa shape index (κ1) is 15.1. The Morgan fingerprint density at radius 2 is 2.06 bits per heavy atom. The standard InChI is InChI=1S/C8H15F3N2O3/c1-15-4-2-3-12-7(14)5-13-16-6-8(9,10)11/h13H,2-6H2,1H3,(H,12,14). The largest absolute Gasteiger partial charge is 0.413 e. The summed E-state index contributed by atoms with van der Waals surface area (Å²) in [5, 5.41) is 2.47. The number of hydroxylamine groups is 1. The van der Waals surface area contributed by atoms with Gasteiger partial charge in [0.25, 0.3) is 0 Å². The van der Waals surface area contributed by atoms with Crippen LogP contribution in [0.5, 0.6) is 0 Å². The fourth-order valence-electron chi connectivity index (χ4n) is 0.756. The number of alkyl halides is 3. The summed E-state index contributed by atoms with van der Waals surface area (Å²) in [6.07, 6.45) is -3.76. The molecule has 0 aliphatic carbocycles. The van der Waals surface area contributed by atoms with Crippen LogP contribution in [0.4, 0.5) is 13.2 Å². The molecular weight excluding hydrogens is 229 g/mol. The lowest BCUT2D eigenvalue weighted by molar-refractivity contribution is -0.189. The van der Waals surface area contributed by atoms with Gasteiger partial charge in [-0.05, 0) is 6.42 Å². The Kier molecular flexibility index (Phi) is 7.86.